The van der Waals surface area contributed by atoms with Gasteiger partial charge in [-0.05, 0) is 12.1 Å². The zero-order chi connectivity index (χ0) is 13.3. The number of benzene rings is 1. The average molecular weight is 288 g/mol. The van der Waals surface area contributed by atoms with Crippen LogP contribution in [-0.2, 0) is 6.18 Å². The number of thiocarbonyl (C=S) groups is 1. The minimum atomic E-state index is -4.33. The normalized spacial score (nSPS) is 11.5. The summed E-state index contributed by atoms with van der Waals surface area (Å²) in [5, 5.41) is 2.27. The van der Waals surface area contributed by atoms with Crippen LogP contribution in [-0.4, -0.2) is 9.97 Å². The molecule has 1 aromatic carbocycles. The van der Waals surface area contributed by atoms with Crippen LogP contribution in [0.15, 0.2) is 29.6 Å². The van der Waals surface area contributed by atoms with Crippen LogP contribution in [0.4, 0.5) is 13.2 Å². The summed E-state index contributed by atoms with van der Waals surface area (Å²) in [5.74, 6) is 0. The maximum Gasteiger partial charge on any atom is 0.416 e. The molecule has 0 aliphatic rings. The molecule has 0 aliphatic heterocycles. The lowest BCUT2D eigenvalue weighted by Crippen LogP contribution is -2.09. The van der Waals surface area contributed by atoms with Crippen molar-refractivity contribution in [3.63, 3.8) is 0 Å². The molecule has 18 heavy (non-hydrogen) atoms. The molecule has 0 fully saturated rings. The molecule has 0 unspecified atom stereocenters. The molecule has 2 N–H and O–H groups in total. The Morgan fingerprint density at radius 3 is 2.28 bits per heavy atom. The van der Waals surface area contributed by atoms with Crippen molar-refractivity contribution in [3.05, 3.63) is 40.9 Å². The van der Waals surface area contributed by atoms with E-state index >= 15 is 0 Å². The molecule has 1 heterocycles. The number of nitrogens with zero attached hydrogens (tertiary/aromatic N) is 1. The first-order valence-electron chi connectivity index (χ1n) is 4.81. The summed E-state index contributed by atoms with van der Waals surface area (Å²) in [6.45, 7) is 0. The van der Waals surface area contributed by atoms with E-state index < -0.39 is 11.7 Å². The summed E-state index contributed by atoms with van der Waals surface area (Å²) < 4.78 is 37.2. The summed E-state index contributed by atoms with van der Waals surface area (Å²) >= 11 is 6.05. The minimum absolute atomic E-state index is 0.171. The van der Waals surface area contributed by atoms with Gasteiger partial charge in [0.15, 0.2) is 0 Å². The fourth-order valence-corrected chi connectivity index (χ4v) is 2.33. The standard InChI is InChI=1S/C11H7F3N2S2/c12-11(13,14)7-3-1-6(2-4-7)10-16-8(5-18-10)9(15)17/h1-5H,(H2,15,17). The Morgan fingerprint density at radius 1 is 1.22 bits per heavy atom. The number of thiazole rings is 1. The van der Waals surface area contributed by atoms with Gasteiger partial charge in [-0.1, -0.05) is 24.4 Å². The van der Waals surface area contributed by atoms with Crippen molar-refractivity contribution in [2.45, 2.75) is 6.18 Å². The summed E-state index contributed by atoms with van der Waals surface area (Å²) in [6, 6.07) is 4.81. The van der Waals surface area contributed by atoms with E-state index in [1.165, 1.54) is 23.5 Å². The number of rotatable bonds is 2. The predicted octanol–water partition coefficient (Wildman–Crippen LogP) is 3.46. The predicted molar refractivity (Wildman–Crippen MR) is 68.4 cm³/mol. The lowest BCUT2D eigenvalue weighted by atomic mass is 10.1. The number of aromatic nitrogens is 1. The van der Waals surface area contributed by atoms with E-state index in [0.29, 0.717) is 16.3 Å². The number of hydrogen-bond donors (Lipinski definition) is 1. The molecule has 94 valence electrons. The van der Waals surface area contributed by atoms with Crippen molar-refractivity contribution >= 4 is 28.5 Å². The van der Waals surface area contributed by atoms with Gasteiger partial charge in [0.25, 0.3) is 0 Å². The first-order valence-corrected chi connectivity index (χ1v) is 6.09. The molecular weight excluding hydrogens is 281 g/mol. The molecule has 0 amide bonds. The van der Waals surface area contributed by atoms with Crippen molar-refractivity contribution in [1.29, 1.82) is 0 Å². The molecule has 2 aromatic rings. The lowest BCUT2D eigenvalue weighted by Gasteiger charge is -2.06. The average Bonchev–Trinajstić information content (AvgIpc) is 2.77. The highest BCUT2D eigenvalue weighted by molar-refractivity contribution is 7.80. The Morgan fingerprint density at radius 2 is 1.83 bits per heavy atom. The third-order valence-corrected chi connectivity index (χ3v) is 3.32. The minimum Gasteiger partial charge on any atom is -0.388 e. The van der Waals surface area contributed by atoms with Gasteiger partial charge >= 0.3 is 6.18 Å². The largest absolute Gasteiger partial charge is 0.416 e. The number of nitrogens with two attached hydrogens (primary N) is 1. The van der Waals surface area contributed by atoms with E-state index in [9.17, 15) is 13.2 Å². The van der Waals surface area contributed by atoms with E-state index in [0.717, 1.165) is 12.1 Å². The van der Waals surface area contributed by atoms with Crippen molar-refractivity contribution < 1.29 is 13.2 Å². The second-order valence-corrected chi connectivity index (χ2v) is 4.78. The maximum absolute atomic E-state index is 12.4. The third-order valence-electron chi connectivity index (χ3n) is 2.22. The quantitative estimate of drug-likeness (QED) is 0.860. The second kappa shape index (κ2) is 4.66. The van der Waals surface area contributed by atoms with Gasteiger partial charge in [0.2, 0.25) is 0 Å². The summed E-state index contributed by atoms with van der Waals surface area (Å²) in [5.41, 5.74) is 5.81. The smallest absolute Gasteiger partial charge is 0.388 e. The van der Waals surface area contributed by atoms with Crippen LogP contribution in [0.2, 0.25) is 0 Å². The van der Waals surface area contributed by atoms with Crippen LogP contribution < -0.4 is 5.73 Å². The van der Waals surface area contributed by atoms with Gasteiger partial charge in [-0.25, -0.2) is 4.98 Å². The summed E-state index contributed by atoms with van der Waals surface area (Å²) in [7, 11) is 0. The molecular formula is C11H7F3N2S2. The Kier molecular flexibility index (Phi) is 3.36. The van der Waals surface area contributed by atoms with E-state index in [1.54, 1.807) is 5.38 Å². The molecule has 0 radical (unpaired) electrons. The van der Waals surface area contributed by atoms with Crippen LogP contribution >= 0.6 is 23.6 Å². The third kappa shape index (κ3) is 2.68. The van der Waals surface area contributed by atoms with Crippen molar-refractivity contribution in [2.24, 2.45) is 5.73 Å². The molecule has 0 spiro atoms. The Labute approximate surface area is 110 Å². The number of halogens is 3. The molecule has 0 bridgehead atoms. The molecule has 0 aliphatic carbocycles. The van der Waals surface area contributed by atoms with Gasteiger partial charge in [-0.2, -0.15) is 13.2 Å². The molecule has 0 saturated heterocycles. The molecule has 0 atom stereocenters. The Hall–Kier alpha value is -1.47. The fraction of sp³-hybridized carbons (Fsp3) is 0.0909. The highest BCUT2D eigenvalue weighted by Crippen LogP contribution is 2.31. The SMILES string of the molecule is NC(=S)c1csc(-c2ccc(C(F)(F)F)cc2)n1. The van der Waals surface area contributed by atoms with E-state index in [-0.39, 0.29) is 4.99 Å². The second-order valence-electron chi connectivity index (χ2n) is 3.48. The zero-order valence-electron chi connectivity index (χ0n) is 8.86. The molecule has 0 saturated carbocycles. The van der Waals surface area contributed by atoms with Crippen molar-refractivity contribution in [1.82, 2.24) is 4.98 Å². The van der Waals surface area contributed by atoms with Crippen LogP contribution in [0.1, 0.15) is 11.3 Å². The molecule has 1 aromatic heterocycles. The van der Waals surface area contributed by atoms with Crippen LogP contribution in [0.25, 0.3) is 10.6 Å². The highest BCUT2D eigenvalue weighted by atomic mass is 32.1. The first kappa shape index (κ1) is 13.0. The van der Waals surface area contributed by atoms with Gasteiger partial charge in [0.05, 0.1) is 5.56 Å². The fourth-order valence-electron chi connectivity index (χ4n) is 1.32. The van der Waals surface area contributed by atoms with E-state index in [4.69, 9.17) is 18.0 Å². The van der Waals surface area contributed by atoms with Gasteiger partial charge in [-0.3, -0.25) is 0 Å². The van der Waals surface area contributed by atoms with Crippen LogP contribution in [0.3, 0.4) is 0 Å². The Balaban J connectivity index is 2.31. The lowest BCUT2D eigenvalue weighted by molar-refractivity contribution is -0.137. The summed E-state index contributed by atoms with van der Waals surface area (Å²) in [4.78, 5) is 4.31. The summed E-state index contributed by atoms with van der Waals surface area (Å²) in [6.07, 6.45) is -4.33. The van der Waals surface area contributed by atoms with Crippen molar-refractivity contribution in [2.75, 3.05) is 0 Å². The van der Waals surface area contributed by atoms with Gasteiger partial charge in [0, 0.05) is 10.9 Å². The van der Waals surface area contributed by atoms with E-state index in [2.05, 4.69) is 4.98 Å². The van der Waals surface area contributed by atoms with Gasteiger partial charge in [-0.15, -0.1) is 11.3 Å². The monoisotopic (exact) mass is 288 g/mol. The van der Waals surface area contributed by atoms with Gasteiger partial charge < -0.3 is 5.73 Å². The first-order chi connectivity index (χ1) is 8.38. The highest BCUT2D eigenvalue weighted by Gasteiger charge is 2.30. The van der Waals surface area contributed by atoms with Crippen LogP contribution in [0, 0.1) is 0 Å². The maximum atomic E-state index is 12.4. The number of alkyl halides is 3. The molecule has 2 rings (SSSR count). The van der Waals surface area contributed by atoms with Gasteiger partial charge in [0.1, 0.15) is 15.7 Å². The number of hydrogen-bond acceptors (Lipinski definition) is 3. The zero-order valence-corrected chi connectivity index (χ0v) is 10.5. The van der Waals surface area contributed by atoms with Crippen LogP contribution in [0.5, 0.6) is 0 Å². The van der Waals surface area contributed by atoms with E-state index in [1.807, 2.05) is 0 Å². The molecule has 2 nitrogen and oxygen atoms in total. The Bertz CT molecular complexity index is 573. The topological polar surface area (TPSA) is 38.9 Å². The molecule has 7 heteroatoms. The van der Waals surface area contributed by atoms with Crippen molar-refractivity contribution in [3.8, 4) is 10.6 Å².